The van der Waals surface area contributed by atoms with E-state index >= 15 is 0 Å². The molecule has 0 aromatic heterocycles. The molecular weight excluding hydrogens is 282 g/mol. The number of hydrogen-bond donors (Lipinski definition) is 2. The molecule has 0 heterocycles. The highest BCUT2D eigenvalue weighted by atomic mass is 16.3. The number of nitrogens with one attached hydrogen (secondary N) is 1. The Labute approximate surface area is 140 Å². The number of rotatable bonds is 10. The maximum Gasteiger partial charge on any atom is 0.116 e. The first-order valence-corrected chi connectivity index (χ1v) is 8.93. The van der Waals surface area contributed by atoms with Crippen LogP contribution < -0.4 is 5.32 Å². The monoisotopic (exact) mass is 311 g/mol. The maximum absolute atomic E-state index is 9.78. The van der Waals surface area contributed by atoms with Crippen molar-refractivity contribution >= 4 is 11.4 Å². The van der Waals surface area contributed by atoms with E-state index in [2.05, 4.69) is 24.4 Å². The summed E-state index contributed by atoms with van der Waals surface area (Å²) in [7, 11) is 0. The topological polar surface area (TPSA) is 32.3 Å². The Balaban J connectivity index is 1.86. The minimum absolute atomic E-state index is 0.349. The van der Waals surface area contributed by atoms with Crippen molar-refractivity contribution in [1.82, 2.24) is 0 Å². The van der Waals surface area contributed by atoms with Crippen LogP contribution in [0.3, 0.4) is 0 Å². The van der Waals surface area contributed by atoms with Crippen LogP contribution in [0.5, 0.6) is 5.75 Å². The second-order valence-corrected chi connectivity index (χ2v) is 6.20. The molecule has 2 heteroatoms. The van der Waals surface area contributed by atoms with Crippen LogP contribution in [0.4, 0.5) is 11.4 Å². The average molecular weight is 311 g/mol. The number of phenolic OH excluding ortho intramolecular Hbond substituents is 1. The van der Waals surface area contributed by atoms with Gasteiger partial charge in [0.1, 0.15) is 5.75 Å². The first-order valence-electron chi connectivity index (χ1n) is 8.93. The number of anilines is 2. The quantitative estimate of drug-likeness (QED) is 0.391. The number of aromatic hydroxyl groups is 1. The minimum atomic E-state index is 0.349. The number of benzene rings is 2. The van der Waals surface area contributed by atoms with Crippen LogP contribution in [-0.2, 0) is 6.42 Å². The summed E-state index contributed by atoms with van der Waals surface area (Å²) in [5, 5.41) is 13.2. The van der Waals surface area contributed by atoms with E-state index in [1.54, 1.807) is 6.07 Å². The van der Waals surface area contributed by atoms with Crippen molar-refractivity contribution in [2.24, 2.45) is 0 Å². The van der Waals surface area contributed by atoms with Crippen LogP contribution in [0.15, 0.2) is 48.5 Å². The molecule has 0 radical (unpaired) electrons. The smallest absolute Gasteiger partial charge is 0.116 e. The van der Waals surface area contributed by atoms with E-state index in [0.717, 1.165) is 17.8 Å². The van der Waals surface area contributed by atoms with Crippen LogP contribution >= 0.6 is 0 Å². The van der Waals surface area contributed by atoms with Crippen LogP contribution in [0.2, 0.25) is 0 Å². The normalized spacial score (nSPS) is 10.7. The lowest BCUT2D eigenvalue weighted by molar-refractivity contribution is 0.474. The summed E-state index contributed by atoms with van der Waals surface area (Å²) in [4.78, 5) is 0. The van der Waals surface area contributed by atoms with Gasteiger partial charge >= 0.3 is 0 Å². The molecule has 2 aromatic rings. The van der Waals surface area contributed by atoms with Crippen molar-refractivity contribution < 1.29 is 5.11 Å². The van der Waals surface area contributed by atoms with Crippen molar-refractivity contribution in [3.8, 4) is 5.75 Å². The zero-order chi connectivity index (χ0) is 16.3. The Hall–Kier alpha value is -1.96. The van der Waals surface area contributed by atoms with Crippen molar-refractivity contribution in [3.63, 3.8) is 0 Å². The molecule has 0 aliphatic carbocycles. The van der Waals surface area contributed by atoms with E-state index in [1.165, 1.54) is 50.5 Å². The SMILES string of the molecule is CCCCCCCCCc1cc(O)ccc1Nc1ccccc1. The van der Waals surface area contributed by atoms with Gasteiger partial charge in [-0.05, 0) is 48.7 Å². The lowest BCUT2D eigenvalue weighted by atomic mass is 10.0. The predicted octanol–water partition coefficient (Wildman–Crippen LogP) is 6.43. The highest BCUT2D eigenvalue weighted by Gasteiger charge is 2.04. The lowest BCUT2D eigenvalue weighted by Gasteiger charge is -2.13. The van der Waals surface area contributed by atoms with Gasteiger partial charge in [-0.2, -0.15) is 0 Å². The van der Waals surface area contributed by atoms with Crippen molar-refractivity contribution in [1.29, 1.82) is 0 Å². The third-order valence-corrected chi connectivity index (χ3v) is 4.19. The molecule has 0 atom stereocenters. The Kier molecular flexibility index (Phi) is 7.51. The number of unbranched alkanes of at least 4 members (excludes halogenated alkanes) is 6. The summed E-state index contributed by atoms with van der Waals surface area (Å²) >= 11 is 0. The molecule has 0 aliphatic heterocycles. The summed E-state index contributed by atoms with van der Waals surface area (Å²) in [6.45, 7) is 2.25. The second-order valence-electron chi connectivity index (χ2n) is 6.20. The maximum atomic E-state index is 9.78. The Morgan fingerprint density at radius 3 is 2.26 bits per heavy atom. The molecule has 0 amide bonds. The third kappa shape index (κ3) is 6.35. The van der Waals surface area contributed by atoms with E-state index in [-0.39, 0.29) is 0 Å². The van der Waals surface area contributed by atoms with E-state index < -0.39 is 0 Å². The Morgan fingerprint density at radius 2 is 1.52 bits per heavy atom. The number of para-hydroxylation sites is 1. The lowest BCUT2D eigenvalue weighted by Crippen LogP contribution is -1.96. The third-order valence-electron chi connectivity index (χ3n) is 4.19. The predicted molar refractivity (Wildman–Crippen MR) is 99.5 cm³/mol. The molecule has 0 aliphatic rings. The van der Waals surface area contributed by atoms with Gasteiger partial charge in [0, 0.05) is 11.4 Å². The Bertz CT molecular complexity index is 565. The number of hydrogen-bond acceptors (Lipinski definition) is 2. The second kappa shape index (κ2) is 9.94. The number of phenols is 1. The first-order chi connectivity index (χ1) is 11.3. The van der Waals surface area contributed by atoms with Gasteiger partial charge in [-0.15, -0.1) is 0 Å². The summed E-state index contributed by atoms with van der Waals surface area (Å²) < 4.78 is 0. The molecule has 0 bridgehead atoms. The summed E-state index contributed by atoms with van der Waals surface area (Å²) in [6.07, 6.45) is 10.2. The Morgan fingerprint density at radius 1 is 0.826 bits per heavy atom. The molecule has 0 saturated heterocycles. The fourth-order valence-electron chi connectivity index (χ4n) is 2.86. The summed E-state index contributed by atoms with van der Waals surface area (Å²) in [6, 6.07) is 15.8. The van der Waals surface area contributed by atoms with Crippen molar-refractivity contribution in [3.05, 3.63) is 54.1 Å². The fourth-order valence-corrected chi connectivity index (χ4v) is 2.86. The average Bonchev–Trinajstić information content (AvgIpc) is 2.57. The van der Waals surface area contributed by atoms with Gasteiger partial charge in [-0.1, -0.05) is 63.6 Å². The van der Waals surface area contributed by atoms with Gasteiger partial charge in [0.05, 0.1) is 0 Å². The molecule has 124 valence electrons. The van der Waals surface area contributed by atoms with Crippen LogP contribution in [-0.4, -0.2) is 5.11 Å². The van der Waals surface area contributed by atoms with Gasteiger partial charge in [0.15, 0.2) is 0 Å². The van der Waals surface area contributed by atoms with E-state index in [1.807, 2.05) is 30.3 Å². The molecule has 2 aromatic carbocycles. The zero-order valence-electron chi connectivity index (χ0n) is 14.2. The standard InChI is InChI=1S/C21H29NO/c1-2-3-4-5-6-7-9-12-18-17-20(23)15-16-21(18)22-19-13-10-8-11-14-19/h8,10-11,13-17,22-23H,2-7,9,12H2,1H3. The van der Waals surface area contributed by atoms with Crippen molar-refractivity contribution in [2.75, 3.05) is 5.32 Å². The largest absolute Gasteiger partial charge is 0.508 e. The highest BCUT2D eigenvalue weighted by Crippen LogP contribution is 2.26. The summed E-state index contributed by atoms with van der Waals surface area (Å²) in [5.74, 6) is 0.349. The van der Waals surface area contributed by atoms with Crippen LogP contribution in [0.25, 0.3) is 0 Å². The molecule has 2 N–H and O–H groups in total. The summed E-state index contributed by atoms with van der Waals surface area (Å²) in [5.41, 5.74) is 3.38. The molecule has 0 unspecified atom stereocenters. The number of aryl methyl sites for hydroxylation is 1. The van der Waals surface area contributed by atoms with E-state index in [9.17, 15) is 5.11 Å². The van der Waals surface area contributed by atoms with Gasteiger partial charge in [0.25, 0.3) is 0 Å². The molecule has 0 spiro atoms. The molecule has 0 saturated carbocycles. The molecule has 23 heavy (non-hydrogen) atoms. The van der Waals surface area contributed by atoms with Crippen LogP contribution in [0, 0.1) is 0 Å². The van der Waals surface area contributed by atoms with Crippen molar-refractivity contribution in [2.45, 2.75) is 58.3 Å². The minimum Gasteiger partial charge on any atom is -0.508 e. The van der Waals surface area contributed by atoms with Crippen LogP contribution in [0.1, 0.15) is 57.4 Å². The fraction of sp³-hybridized carbons (Fsp3) is 0.429. The van der Waals surface area contributed by atoms with Gasteiger partial charge in [-0.3, -0.25) is 0 Å². The zero-order valence-corrected chi connectivity index (χ0v) is 14.2. The first kappa shape index (κ1) is 17.4. The van der Waals surface area contributed by atoms with E-state index in [4.69, 9.17) is 0 Å². The van der Waals surface area contributed by atoms with Gasteiger partial charge in [-0.25, -0.2) is 0 Å². The van der Waals surface area contributed by atoms with Gasteiger partial charge in [0.2, 0.25) is 0 Å². The highest BCUT2D eigenvalue weighted by molar-refractivity contribution is 5.64. The molecular formula is C21H29NO. The molecule has 2 nitrogen and oxygen atoms in total. The van der Waals surface area contributed by atoms with E-state index in [0.29, 0.717) is 5.75 Å². The molecule has 0 fully saturated rings. The molecule has 2 rings (SSSR count). The van der Waals surface area contributed by atoms with Gasteiger partial charge < -0.3 is 10.4 Å².